The lowest BCUT2D eigenvalue weighted by molar-refractivity contribution is 0.155. The van der Waals surface area contributed by atoms with Crippen molar-refractivity contribution in [3.63, 3.8) is 0 Å². The Hall–Kier alpha value is -2.04. The first-order chi connectivity index (χ1) is 12.8. The first-order valence-electron chi connectivity index (χ1n) is 9.64. The third-order valence-electron chi connectivity index (χ3n) is 5.38. The van der Waals surface area contributed by atoms with E-state index in [9.17, 15) is 0 Å². The molecule has 1 saturated carbocycles. The molecule has 2 aromatic carbocycles. The second kappa shape index (κ2) is 8.11. The molecule has 4 heteroatoms. The van der Waals surface area contributed by atoms with Gasteiger partial charge >= 0.3 is 0 Å². The van der Waals surface area contributed by atoms with E-state index in [-0.39, 0.29) is 0 Å². The van der Waals surface area contributed by atoms with Crippen molar-refractivity contribution in [2.24, 2.45) is 5.92 Å². The maximum absolute atomic E-state index is 6.14. The molecule has 1 atom stereocenters. The minimum Gasteiger partial charge on any atom is -0.493 e. The summed E-state index contributed by atoms with van der Waals surface area (Å²) in [4.78, 5) is 2.64. The number of benzene rings is 2. The maximum atomic E-state index is 6.14. The Morgan fingerprint density at radius 1 is 1.04 bits per heavy atom. The molecular formula is C22H28N2O2. The minimum atomic E-state index is 0.502. The summed E-state index contributed by atoms with van der Waals surface area (Å²) < 4.78 is 11.7. The Balaban J connectivity index is 1.55. The first-order valence-corrected chi connectivity index (χ1v) is 9.64. The molecule has 0 aromatic heterocycles. The molecule has 1 N–H and O–H groups in total. The van der Waals surface area contributed by atoms with Gasteiger partial charge in [-0.3, -0.25) is 4.90 Å². The zero-order chi connectivity index (χ0) is 17.8. The Morgan fingerprint density at radius 3 is 2.50 bits per heavy atom. The van der Waals surface area contributed by atoms with E-state index in [0.29, 0.717) is 12.6 Å². The van der Waals surface area contributed by atoms with Crippen LogP contribution in [-0.4, -0.2) is 38.2 Å². The molecule has 0 radical (unpaired) electrons. The van der Waals surface area contributed by atoms with Gasteiger partial charge in [-0.1, -0.05) is 36.4 Å². The molecular weight excluding hydrogens is 324 g/mol. The van der Waals surface area contributed by atoms with E-state index in [2.05, 4.69) is 40.5 Å². The molecule has 1 saturated heterocycles. The molecule has 0 unspecified atom stereocenters. The highest BCUT2D eigenvalue weighted by atomic mass is 16.5. The Labute approximate surface area is 156 Å². The van der Waals surface area contributed by atoms with Gasteiger partial charge in [0.05, 0.1) is 7.11 Å². The molecule has 2 aliphatic rings. The molecule has 26 heavy (non-hydrogen) atoms. The van der Waals surface area contributed by atoms with Crippen LogP contribution in [0.1, 0.15) is 30.0 Å². The third-order valence-corrected chi connectivity index (χ3v) is 5.38. The number of piperazine rings is 1. The molecule has 4 rings (SSSR count). The van der Waals surface area contributed by atoms with Gasteiger partial charge in [-0.05, 0) is 42.0 Å². The normalized spacial score (nSPS) is 19.1. The van der Waals surface area contributed by atoms with Gasteiger partial charge in [-0.25, -0.2) is 0 Å². The van der Waals surface area contributed by atoms with Gasteiger partial charge < -0.3 is 14.8 Å². The summed E-state index contributed by atoms with van der Waals surface area (Å²) in [5.41, 5.74) is 2.53. The fraction of sp³-hybridized carbons (Fsp3) is 0.455. The van der Waals surface area contributed by atoms with E-state index in [0.717, 1.165) is 43.6 Å². The largest absolute Gasteiger partial charge is 0.493 e. The van der Waals surface area contributed by atoms with Crippen LogP contribution in [0.2, 0.25) is 0 Å². The number of nitrogens with one attached hydrogen (secondary N) is 1. The van der Waals surface area contributed by atoms with Crippen molar-refractivity contribution < 1.29 is 9.47 Å². The molecule has 4 nitrogen and oxygen atoms in total. The van der Waals surface area contributed by atoms with Crippen LogP contribution in [0.3, 0.4) is 0 Å². The summed E-state index contributed by atoms with van der Waals surface area (Å²) in [6.07, 6.45) is 2.67. The maximum Gasteiger partial charge on any atom is 0.161 e. The number of ether oxygens (including phenoxy) is 2. The van der Waals surface area contributed by atoms with Crippen molar-refractivity contribution in [2.45, 2.75) is 25.5 Å². The van der Waals surface area contributed by atoms with Crippen molar-refractivity contribution in [3.05, 3.63) is 59.7 Å². The predicted molar refractivity (Wildman–Crippen MR) is 104 cm³/mol. The molecule has 138 valence electrons. The van der Waals surface area contributed by atoms with Crippen LogP contribution >= 0.6 is 0 Å². The minimum absolute atomic E-state index is 0.502. The highest BCUT2D eigenvalue weighted by Gasteiger charge is 2.37. The fourth-order valence-corrected chi connectivity index (χ4v) is 3.88. The molecule has 1 heterocycles. The summed E-state index contributed by atoms with van der Waals surface area (Å²) >= 11 is 0. The van der Waals surface area contributed by atoms with Gasteiger partial charge in [0.1, 0.15) is 6.61 Å². The number of hydrogen-bond donors (Lipinski definition) is 1. The topological polar surface area (TPSA) is 33.7 Å². The highest BCUT2D eigenvalue weighted by Crippen LogP contribution is 2.46. The van der Waals surface area contributed by atoms with Crippen molar-refractivity contribution in [3.8, 4) is 11.5 Å². The summed E-state index contributed by atoms with van der Waals surface area (Å²) in [6, 6.07) is 17.3. The predicted octanol–water partition coefficient (Wildman–Crippen LogP) is 3.63. The highest BCUT2D eigenvalue weighted by molar-refractivity contribution is 5.44. The van der Waals surface area contributed by atoms with Crippen LogP contribution in [0.25, 0.3) is 0 Å². The first kappa shape index (κ1) is 17.4. The SMILES string of the molecule is COc1ccc([C@@H](C2CC2)N2CCNCC2)cc1OCc1ccccc1. The van der Waals surface area contributed by atoms with Crippen LogP contribution in [0.15, 0.2) is 48.5 Å². The van der Waals surface area contributed by atoms with Crippen LogP contribution in [0.4, 0.5) is 0 Å². The molecule has 0 amide bonds. The van der Waals surface area contributed by atoms with Gasteiger partial charge in [0.25, 0.3) is 0 Å². The summed E-state index contributed by atoms with van der Waals surface area (Å²) in [7, 11) is 1.71. The fourth-order valence-electron chi connectivity index (χ4n) is 3.88. The van der Waals surface area contributed by atoms with E-state index < -0.39 is 0 Å². The lowest BCUT2D eigenvalue weighted by Gasteiger charge is -2.35. The van der Waals surface area contributed by atoms with E-state index >= 15 is 0 Å². The van der Waals surface area contributed by atoms with Crippen molar-refractivity contribution in [2.75, 3.05) is 33.3 Å². The van der Waals surface area contributed by atoms with Crippen LogP contribution in [0.5, 0.6) is 11.5 Å². The second-order valence-electron chi connectivity index (χ2n) is 7.25. The van der Waals surface area contributed by atoms with Gasteiger partial charge in [0.2, 0.25) is 0 Å². The zero-order valence-electron chi connectivity index (χ0n) is 15.5. The monoisotopic (exact) mass is 352 g/mol. The second-order valence-corrected chi connectivity index (χ2v) is 7.25. The Morgan fingerprint density at radius 2 is 1.81 bits per heavy atom. The lowest BCUT2D eigenvalue weighted by Crippen LogP contribution is -2.45. The summed E-state index contributed by atoms with van der Waals surface area (Å²) in [6.45, 7) is 4.96. The molecule has 1 aliphatic carbocycles. The number of rotatable bonds is 7. The molecule has 1 aliphatic heterocycles. The smallest absolute Gasteiger partial charge is 0.161 e. The Bertz CT molecular complexity index is 709. The lowest BCUT2D eigenvalue weighted by atomic mass is 9.99. The molecule has 2 aromatic rings. The van der Waals surface area contributed by atoms with Gasteiger partial charge in [-0.15, -0.1) is 0 Å². The number of hydrogen-bond acceptors (Lipinski definition) is 4. The summed E-state index contributed by atoms with van der Waals surface area (Å²) in [5, 5.41) is 3.46. The van der Waals surface area contributed by atoms with Crippen LogP contribution in [0, 0.1) is 5.92 Å². The zero-order valence-corrected chi connectivity index (χ0v) is 15.5. The molecule has 0 bridgehead atoms. The van der Waals surface area contributed by atoms with Crippen molar-refractivity contribution in [1.29, 1.82) is 0 Å². The van der Waals surface area contributed by atoms with Crippen LogP contribution < -0.4 is 14.8 Å². The van der Waals surface area contributed by atoms with Gasteiger partial charge in [-0.2, -0.15) is 0 Å². The Kier molecular flexibility index (Phi) is 5.42. The van der Waals surface area contributed by atoms with E-state index in [1.165, 1.54) is 24.0 Å². The number of nitrogens with zero attached hydrogens (tertiary/aromatic N) is 1. The van der Waals surface area contributed by atoms with E-state index in [1.807, 2.05) is 18.2 Å². The average molecular weight is 352 g/mol. The number of methoxy groups -OCH3 is 1. The van der Waals surface area contributed by atoms with Crippen LogP contribution in [-0.2, 0) is 6.61 Å². The quantitative estimate of drug-likeness (QED) is 0.825. The average Bonchev–Trinajstić information content (AvgIpc) is 3.53. The van der Waals surface area contributed by atoms with E-state index in [1.54, 1.807) is 7.11 Å². The van der Waals surface area contributed by atoms with E-state index in [4.69, 9.17) is 9.47 Å². The van der Waals surface area contributed by atoms with Crippen molar-refractivity contribution >= 4 is 0 Å². The van der Waals surface area contributed by atoms with Gasteiger partial charge in [0, 0.05) is 32.2 Å². The molecule has 2 fully saturated rings. The summed E-state index contributed by atoms with van der Waals surface area (Å²) in [5.74, 6) is 2.43. The third kappa shape index (κ3) is 4.02. The molecule has 0 spiro atoms. The van der Waals surface area contributed by atoms with Crippen molar-refractivity contribution in [1.82, 2.24) is 10.2 Å². The van der Waals surface area contributed by atoms with Gasteiger partial charge in [0.15, 0.2) is 11.5 Å². The standard InChI is InChI=1S/C22H28N2O2/c1-25-20-10-9-19(15-21(20)26-16-17-5-3-2-4-6-17)22(18-7-8-18)24-13-11-23-12-14-24/h2-6,9-10,15,18,22-23H,7-8,11-14,16H2,1H3/t22-/m1/s1.